The van der Waals surface area contributed by atoms with Crippen molar-refractivity contribution in [2.45, 2.75) is 12.8 Å². The van der Waals surface area contributed by atoms with E-state index in [9.17, 15) is 4.79 Å². The lowest BCUT2D eigenvalue weighted by atomic mass is 10.2. The maximum Gasteiger partial charge on any atom is 0.269 e. The Morgan fingerprint density at radius 2 is 2.41 bits per heavy atom. The first kappa shape index (κ1) is 14.1. The molecule has 0 aliphatic rings. The van der Waals surface area contributed by atoms with E-state index in [4.69, 9.17) is 4.42 Å². The summed E-state index contributed by atoms with van der Waals surface area (Å²) in [6.07, 6.45) is 6.83. The Morgan fingerprint density at radius 3 is 3.14 bits per heavy atom. The van der Waals surface area contributed by atoms with Gasteiger partial charge in [-0.3, -0.25) is 14.6 Å². The molecule has 3 heterocycles. The Morgan fingerprint density at radius 1 is 1.50 bits per heavy atom. The topological polar surface area (TPSA) is 88.7 Å². The molecule has 1 amide bonds. The summed E-state index contributed by atoms with van der Waals surface area (Å²) in [6.45, 7) is 0.584. The minimum atomic E-state index is -0.165. The molecular formula is C15H17N5O2. The van der Waals surface area contributed by atoms with Crippen molar-refractivity contribution < 1.29 is 9.21 Å². The molecule has 7 heteroatoms. The number of furan rings is 1. The van der Waals surface area contributed by atoms with Gasteiger partial charge in [0, 0.05) is 31.8 Å². The van der Waals surface area contributed by atoms with Crippen molar-refractivity contribution in [3.8, 4) is 11.3 Å². The van der Waals surface area contributed by atoms with Gasteiger partial charge in [-0.2, -0.15) is 10.2 Å². The highest BCUT2D eigenvalue weighted by Crippen LogP contribution is 2.16. The lowest BCUT2D eigenvalue weighted by Gasteiger charge is -2.01. The molecule has 0 spiro atoms. The summed E-state index contributed by atoms with van der Waals surface area (Å²) in [5, 5.41) is 13.8. The van der Waals surface area contributed by atoms with E-state index in [1.54, 1.807) is 23.2 Å². The summed E-state index contributed by atoms with van der Waals surface area (Å²) < 4.78 is 6.94. The number of carbonyl (C=O) groups is 1. The third kappa shape index (κ3) is 3.25. The predicted octanol–water partition coefficient (Wildman–Crippen LogP) is 1.77. The van der Waals surface area contributed by atoms with Crippen molar-refractivity contribution in [2.75, 3.05) is 6.54 Å². The van der Waals surface area contributed by atoms with E-state index < -0.39 is 0 Å². The molecule has 22 heavy (non-hydrogen) atoms. The van der Waals surface area contributed by atoms with Crippen molar-refractivity contribution in [3.63, 3.8) is 0 Å². The minimum Gasteiger partial charge on any atom is -0.469 e. The van der Waals surface area contributed by atoms with Gasteiger partial charge in [-0.15, -0.1) is 0 Å². The van der Waals surface area contributed by atoms with Crippen LogP contribution in [0, 0.1) is 0 Å². The average molecular weight is 299 g/mol. The van der Waals surface area contributed by atoms with Crippen LogP contribution in [0.15, 0.2) is 41.3 Å². The van der Waals surface area contributed by atoms with Crippen LogP contribution in [-0.4, -0.2) is 32.4 Å². The Hall–Kier alpha value is -2.83. The molecule has 0 unspecified atom stereocenters. The fourth-order valence-electron chi connectivity index (χ4n) is 2.15. The standard InChI is InChI=1S/C15H17N5O2/c1-20-10-11(9-17-20)13-8-14(19-18-13)15(21)16-6-2-4-12-5-3-7-22-12/h3,5,7-10H,2,4,6H2,1H3,(H,16,21)(H,18,19). The van der Waals surface area contributed by atoms with Crippen LogP contribution in [0.25, 0.3) is 11.3 Å². The molecule has 3 aromatic rings. The van der Waals surface area contributed by atoms with Gasteiger partial charge in [0.1, 0.15) is 11.5 Å². The van der Waals surface area contributed by atoms with Crippen LogP contribution in [0.2, 0.25) is 0 Å². The van der Waals surface area contributed by atoms with E-state index in [-0.39, 0.29) is 5.91 Å². The highest BCUT2D eigenvalue weighted by atomic mass is 16.3. The summed E-state index contributed by atoms with van der Waals surface area (Å²) in [7, 11) is 1.84. The van der Waals surface area contributed by atoms with Gasteiger partial charge in [-0.25, -0.2) is 0 Å². The quantitative estimate of drug-likeness (QED) is 0.679. The molecule has 0 aromatic carbocycles. The number of amides is 1. The van der Waals surface area contributed by atoms with Gasteiger partial charge in [-0.05, 0) is 24.6 Å². The van der Waals surface area contributed by atoms with E-state index >= 15 is 0 Å². The van der Waals surface area contributed by atoms with Crippen molar-refractivity contribution in [1.29, 1.82) is 0 Å². The third-order valence-electron chi connectivity index (χ3n) is 3.29. The molecule has 3 aromatic heterocycles. The lowest BCUT2D eigenvalue weighted by molar-refractivity contribution is 0.0948. The smallest absolute Gasteiger partial charge is 0.269 e. The number of aromatic nitrogens is 4. The Balaban J connectivity index is 1.51. The van der Waals surface area contributed by atoms with Gasteiger partial charge in [0.05, 0.1) is 18.2 Å². The van der Waals surface area contributed by atoms with Crippen LogP contribution in [0.3, 0.4) is 0 Å². The number of rotatable bonds is 6. The maximum absolute atomic E-state index is 12.0. The molecule has 3 rings (SSSR count). The third-order valence-corrected chi connectivity index (χ3v) is 3.29. The van der Waals surface area contributed by atoms with E-state index in [2.05, 4.69) is 20.6 Å². The zero-order chi connectivity index (χ0) is 15.4. The highest BCUT2D eigenvalue weighted by Gasteiger charge is 2.11. The first-order valence-corrected chi connectivity index (χ1v) is 7.07. The molecule has 0 atom stereocenters. The molecule has 7 nitrogen and oxygen atoms in total. The second kappa shape index (κ2) is 6.30. The number of H-pyrrole nitrogens is 1. The Bertz CT molecular complexity index is 742. The summed E-state index contributed by atoms with van der Waals surface area (Å²) in [4.78, 5) is 12.0. The van der Waals surface area contributed by atoms with E-state index in [0.717, 1.165) is 24.2 Å². The first-order valence-electron chi connectivity index (χ1n) is 7.07. The van der Waals surface area contributed by atoms with Gasteiger partial charge in [0.2, 0.25) is 0 Å². The predicted molar refractivity (Wildman–Crippen MR) is 80.2 cm³/mol. The fourth-order valence-corrected chi connectivity index (χ4v) is 2.15. The fraction of sp³-hybridized carbons (Fsp3) is 0.267. The van der Waals surface area contributed by atoms with Crippen LogP contribution < -0.4 is 5.32 Å². The van der Waals surface area contributed by atoms with Gasteiger partial charge in [0.15, 0.2) is 0 Å². The molecular weight excluding hydrogens is 282 g/mol. The molecule has 114 valence electrons. The molecule has 0 fully saturated rings. The zero-order valence-electron chi connectivity index (χ0n) is 12.2. The molecule has 0 bridgehead atoms. The maximum atomic E-state index is 12.0. The summed E-state index contributed by atoms with van der Waals surface area (Å²) >= 11 is 0. The Kier molecular flexibility index (Phi) is 4.04. The second-order valence-corrected chi connectivity index (χ2v) is 5.01. The minimum absolute atomic E-state index is 0.165. The van der Waals surface area contributed by atoms with Crippen molar-refractivity contribution in [1.82, 2.24) is 25.3 Å². The van der Waals surface area contributed by atoms with E-state index in [1.165, 1.54) is 0 Å². The molecule has 0 aliphatic heterocycles. The molecule has 2 N–H and O–H groups in total. The van der Waals surface area contributed by atoms with Crippen LogP contribution in [0.4, 0.5) is 0 Å². The van der Waals surface area contributed by atoms with Crippen LogP contribution >= 0.6 is 0 Å². The number of aryl methyl sites for hydroxylation is 2. The number of carbonyl (C=O) groups excluding carboxylic acids is 1. The summed E-state index contributed by atoms with van der Waals surface area (Å²) in [5.74, 6) is 0.761. The number of aromatic amines is 1. The van der Waals surface area contributed by atoms with Crippen molar-refractivity contribution in [2.24, 2.45) is 7.05 Å². The van der Waals surface area contributed by atoms with E-state index in [1.807, 2.05) is 25.4 Å². The largest absolute Gasteiger partial charge is 0.469 e. The van der Waals surface area contributed by atoms with E-state index in [0.29, 0.717) is 17.9 Å². The molecule has 0 saturated carbocycles. The molecule has 0 aliphatic carbocycles. The summed E-state index contributed by atoms with van der Waals surface area (Å²) in [5.41, 5.74) is 2.02. The van der Waals surface area contributed by atoms with Crippen molar-refractivity contribution in [3.05, 3.63) is 48.3 Å². The molecule has 0 radical (unpaired) electrons. The Labute approximate surface area is 127 Å². The van der Waals surface area contributed by atoms with Gasteiger partial charge < -0.3 is 9.73 Å². The lowest BCUT2D eigenvalue weighted by Crippen LogP contribution is -2.25. The number of nitrogens with zero attached hydrogens (tertiary/aromatic N) is 3. The first-order chi connectivity index (χ1) is 10.7. The van der Waals surface area contributed by atoms with Crippen LogP contribution in [-0.2, 0) is 13.5 Å². The van der Waals surface area contributed by atoms with Crippen molar-refractivity contribution >= 4 is 5.91 Å². The SMILES string of the molecule is Cn1cc(-c2cc(C(=O)NCCCc3ccco3)[nH]n2)cn1. The monoisotopic (exact) mass is 299 g/mol. The van der Waals surface area contributed by atoms with Crippen LogP contribution in [0.1, 0.15) is 22.7 Å². The van der Waals surface area contributed by atoms with Gasteiger partial charge >= 0.3 is 0 Å². The van der Waals surface area contributed by atoms with Gasteiger partial charge in [-0.1, -0.05) is 0 Å². The molecule has 0 saturated heterocycles. The number of hydrogen-bond acceptors (Lipinski definition) is 4. The van der Waals surface area contributed by atoms with Gasteiger partial charge in [0.25, 0.3) is 5.91 Å². The second-order valence-electron chi connectivity index (χ2n) is 5.01. The van der Waals surface area contributed by atoms with Crippen LogP contribution in [0.5, 0.6) is 0 Å². The summed E-state index contributed by atoms with van der Waals surface area (Å²) in [6, 6.07) is 5.51. The highest BCUT2D eigenvalue weighted by molar-refractivity contribution is 5.93. The number of nitrogens with one attached hydrogen (secondary N) is 2. The number of hydrogen-bond donors (Lipinski definition) is 2. The normalized spacial score (nSPS) is 10.8. The zero-order valence-corrected chi connectivity index (χ0v) is 12.2. The average Bonchev–Trinajstić information content (AvgIpc) is 3.24.